The van der Waals surface area contributed by atoms with Crippen LogP contribution >= 0.6 is 0 Å². The normalized spacial score (nSPS) is 13.2. The van der Waals surface area contributed by atoms with Crippen molar-refractivity contribution in [2.75, 3.05) is 14.2 Å². The van der Waals surface area contributed by atoms with Gasteiger partial charge in [-0.2, -0.15) is 0 Å². The molecule has 1 unspecified atom stereocenters. The molecule has 0 saturated heterocycles. The van der Waals surface area contributed by atoms with Crippen LogP contribution in [0.1, 0.15) is 62.9 Å². The van der Waals surface area contributed by atoms with Gasteiger partial charge in [0.05, 0.1) is 20.6 Å². The first kappa shape index (κ1) is 26.3. The van der Waals surface area contributed by atoms with E-state index in [1.165, 1.54) is 11.1 Å². The van der Waals surface area contributed by atoms with Gasteiger partial charge in [0.15, 0.2) is 0 Å². The Labute approximate surface area is 209 Å². The number of methoxy groups -OCH3 is 2. The quantitative estimate of drug-likeness (QED) is 0.304. The summed E-state index contributed by atoms with van der Waals surface area (Å²) < 4.78 is 16.9. The predicted octanol–water partition coefficient (Wildman–Crippen LogP) is 6.74. The Morgan fingerprint density at radius 2 is 1.37 bits per heavy atom. The highest BCUT2D eigenvalue weighted by molar-refractivity contribution is 5.71. The lowest BCUT2D eigenvalue weighted by Gasteiger charge is -2.37. The summed E-state index contributed by atoms with van der Waals surface area (Å²) in [6.45, 7) is 8.51. The van der Waals surface area contributed by atoms with Gasteiger partial charge in [-0.15, -0.1) is 0 Å². The summed E-state index contributed by atoms with van der Waals surface area (Å²) in [7, 11) is 3.27. The Morgan fingerprint density at radius 3 is 1.89 bits per heavy atom. The van der Waals surface area contributed by atoms with Gasteiger partial charge < -0.3 is 14.2 Å². The van der Waals surface area contributed by atoms with Crippen LogP contribution in [0.15, 0.2) is 78.9 Å². The first-order valence-corrected chi connectivity index (χ1v) is 12.0. The number of rotatable bonds is 10. The number of nitrogens with zero attached hydrogens (tertiary/aromatic N) is 1. The zero-order chi connectivity index (χ0) is 25.4. The summed E-state index contributed by atoms with van der Waals surface area (Å²) in [6.07, 6.45) is 0.192. The monoisotopic (exact) mass is 475 g/mol. The topological polar surface area (TPSA) is 48.0 Å². The molecule has 0 radical (unpaired) electrons. The molecule has 35 heavy (non-hydrogen) atoms. The van der Waals surface area contributed by atoms with Gasteiger partial charge in [0, 0.05) is 24.7 Å². The van der Waals surface area contributed by atoms with Crippen molar-refractivity contribution in [3.8, 4) is 11.5 Å². The van der Waals surface area contributed by atoms with Crippen molar-refractivity contribution in [3.63, 3.8) is 0 Å². The lowest BCUT2D eigenvalue weighted by atomic mass is 9.96. The minimum atomic E-state index is -0.566. The van der Waals surface area contributed by atoms with Crippen molar-refractivity contribution in [1.29, 1.82) is 0 Å². The molecular formula is C30H37NO4. The van der Waals surface area contributed by atoms with Crippen molar-refractivity contribution < 1.29 is 19.0 Å². The summed E-state index contributed by atoms with van der Waals surface area (Å²) in [5.74, 6) is 1.11. The van der Waals surface area contributed by atoms with Crippen LogP contribution in [-0.4, -0.2) is 30.7 Å². The molecule has 0 N–H and O–H groups in total. The minimum absolute atomic E-state index is 0.0287. The molecule has 0 amide bonds. The largest absolute Gasteiger partial charge is 0.497 e. The summed E-state index contributed by atoms with van der Waals surface area (Å²) in [5.41, 5.74) is 2.71. The van der Waals surface area contributed by atoms with Crippen molar-refractivity contribution in [1.82, 2.24) is 4.90 Å². The maximum Gasteiger partial charge on any atom is 0.308 e. The first-order valence-electron chi connectivity index (χ1n) is 12.0. The molecule has 0 spiro atoms. The maximum absolute atomic E-state index is 13.2. The molecule has 0 aliphatic rings. The van der Waals surface area contributed by atoms with Crippen LogP contribution in [0.3, 0.4) is 0 Å². The molecular weight excluding hydrogens is 438 g/mol. The fourth-order valence-electron chi connectivity index (χ4n) is 4.22. The smallest absolute Gasteiger partial charge is 0.308 e. The Morgan fingerprint density at radius 1 is 0.829 bits per heavy atom. The second-order valence-electron chi connectivity index (χ2n) is 9.70. The highest BCUT2D eigenvalue weighted by Crippen LogP contribution is 2.38. The number of carbonyl (C=O) groups excluding carboxylic acids is 1. The van der Waals surface area contributed by atoms with E-state index in [1.807, 2.05) is 75.4 Å². The van der Waals surface area contributed by atoms with Gasteiger partial charge in [-0.25, -0.2) is 0 Å². The molecule has 0 bridgehead atoms. The number of benzene rings is 3. The zero-order valence-electron chi connectivity index (χ0n) is 21.7. The van der Waals surface area contributed by atoms with Crippen molar-refractivity contribution >= 4 is 5.97 Å². The van der Waals surface area contributed by atoms with Gasteiger partial charge >= 0.3 is 5.97 Å². The SMILES string of the molecule is COc1cc(OC)cc(C(CC(=O)OC(C)(C)C)N(Cc2ccccc2)[C@H](C)c2ccccc2)c1. The van der Waals surface area contributed by atoms with Crippen molar-refractivity contribution in [2.24, 2.45) is 0 Å². The van der Waals surface area contributed by atoms with Crippen LogP contribution < -0.4 is 9.47 Å². The van der Waals surface area contributed by atoms with E-state index in [0.717, 1.165) is 5.56 Å². The van der Waals surface area contributed by atoms with E-state index in [-0.39, 0.29) is 24.5 Å². The van der Waals surface area contributed by atoms with Crippen LogP contribution in [0, 0.1) is 0 Å². The standard InChI is InChI=1S/C30H37NO4/c1-22(24-15-11-8-12-16-24)31(21-23-13-9-7-10-14-23)28(20-29(32)35-30(2,3)4)25-17-26(33-5)19-27(18-25)34-6/h7-19,22,28H,20-21H2,1-6H3/t22-,28?/m1/s1. The molecule has 3 aromatic carbocycles. The number of hydrogen-bond donors (Lipinski definition) is 0. The molecule has 3 aromatic rings. The average molecular weight is 476 g/mol. The fourth-order valence-corrected chi connectivity index (χ4v) is 4.22. The summed E-state index contributed by atoms with van der Waals surface area (Å²) in [4.78, 5) is 15.5. The summed E-state index contributed by atoms with van der Waals surface area (Å²) in [6, 6.07) is 26.2. The third-order valence-electron chi connectivity index (χ3n) is 5.93. The highest BCUT2D eigenvalue weighted by atomic mass is 16.6. The van der Waals surface area contributed by atoms with Gasteiger partial charge in [0.25, 0.3) is 0 Å². The van der Waals surface area contributed by atoms with E-state index in [1.54, 1.807) is 14.2 Å². The molecule has 0 aromatic heterocycles. The van der Waals surface area contributed by atoms with E-state index >= 15 is 0 Å². The molecule has 3 rings (SSSR count). The van der Waals surface area contributed by atoms with E-state index in [2.05, 4.69) is 36.1 Å². The van der Waals surface area contributed by atoms with Crippen LogP contribution in [0.25, 0.3) is 0 Å². The number of ether oxygens (including phenoxy) is 3. The molecule has 0 saturated carbocycles. The van der Waals surface area contributed by atoms with Gasteiger partial charge in [0.2, 0.25) is 0 Å². The Bertz CT molecular complexity index is 1050. The fraction of sp³-hybridized carbons (Fsp3) is 0.367. The van der Waals surface area contributed by atoms with Crippen molar-refractivity contribution in [2.45, 2.75) is 58.3 Å². The second-order valence-corrected chi connectivity index (χ2v) is 9.70. The lowest BCUT2D eigenvalue weighted by molar-refractivity contribution is -0.156. The highest BCUT2D eigenvalue weighted by Gasteiger charge is 2.31. The summed E-state index contributed by atoms with van der Waals surface area (Å²) in [5, 5.41) is 0. The van der Waals surface area contributed by atoms with Gasteiger partial charge in [0.1, 0.15) is 17.1 Å². The number of esters is 1. The van der Waals surface area contributed by atoms with Gasteiger partial charge in [-0.05, 0) is 56.5 Å². The van der Waals surface area contributed by atoms with Crippen molar-refractivity contribution in [3.05, 3.63) is 95.6 Å². The number of carbonyl (C=O) groups is 1. The molecule has 5 heteroatoms. The molecule has 0 aliphatic heterocycles. The molecule has 0 aliphatic carbocycles. The molecule has 0 fully saturated rings. The van der Waals surface area contributed by atoms with E-state index < -0.39 is 5.60 Å². The van der Waals surface area contributed by atoms with Gasteiger partial charge in [-0.1, -0.05) is 60.7 Å². The van der Waals surface area contributed by atoms with E-state index in [9.17, 15) is 4.79 Å². The molecule has 186 valence electrons. The zero-order valence-corrected chi connectivity index (χ0v) is 21.7. The van der Waals surface area contributed by atoms with Crippen LogP contribution in [0.2, 0.25) is 0 Å². The average Bonchev–Trinajstić information content (AvgIpc) is 2.85. The van der Waals surface area contributed by atoms with Gasteiger partial charge in [-0.3, -0.25) is 9.69 Å². The third-order valence-corrected chi connectivity index (χ3v) is 5.93. The lowest BCUT2D eigenvalue weighted by Crippen LogP contribution is -2.34. The van der Waals surface area contributed by atoms with Crippen LogP contribution in [0.5, 0.6) is 11.5 Å². The van der Waals surface area contributed by atoms with E-state index in [4.69, 9.17) is 14.2 Å². The Balaban J connectivity index is 2.11. The molecule has 5 nitrogen and oxygen atoms in total. The van der Waals surface area contributed by atoms with Crippen LogP contribution in [-0.2, 0) is 16.1 Å². The molecule has 2 atom stereocenters. The Hall–Kier alpha value is -3.31. The number of hydrogen-bond acceptors (Lipinski definition) is 5. The predicted molar refractivity (Wildman–Crippen MR) is 140 cm³/mol. The first-order chi connectivity index (χ1) is 16.7. The Kier molecular flexibility index (Phi) is 8.94. The molecule has 0 heterocycles. The minimum Gasteiger partial charge on any atom is -0.497 e. The maximum atomic E-state index is 13.2. The third kappa shape index (κ3) is 7.59. The summed E-state index contributed by atoms with van der Waals surface area (Å²) >= 11 is 0. The second kappa shape index (κ2) is 11.9. The van der Waals surface area contributed by atoms with Crippen LogP contribution in [0.4, 0.5) is 0 Å². The van der Waals surface area contributed by atoms with E-state index in [0.29, 0.717) is 18.0 Å².